The van der Waals surface area contributed by atoms with Gasteiger partial charge in [-0.3, -0.25) is 0 Å². The van der Waals surface area contributed by atoms with E-state index in [9.17, 15) is 4.91 Å². The highest BCUT2D eigenvalue weighted by Crippen LogP contribution is 2.43. The Morgan fingerprint density at radius 3 is 2.93 bits per heavy atom. The summed E-state index contributed by atoms with van der Waals surface area (Å²) in [6, 6.07) is 13.1. The Hall–Kier alpha value is -3.48. The third-order valence-electron chi connectivity index (χ3n) is 5.39. The maximum absolute atomic E-state index is 11.0. The van der Waals surface area contributed by atoms with Crippen molar-refractivity contribution >= 4 is 33.4 Å². The predicted molar refractivity (Wildman–Crippen MR) is 104 cm³/mol. The largest absolute Gasteiger partial charge is 0.489 e. The van der Waals surface area contributed by atoms with Gasteiger partial charge in [0.15, 0.2) is 5.82 Å². The van der Waals surface area contributed by atoms with Gasteiger partial charge >= 0.3 is 0 Å². The van der Waals surface area contributed by atoms with Crippen LogP contribution in [0, 0.1) is 4.91 Å². The van der Waals surface area contributed by atoms with Crippen LogP contribution in [0.25, 0.3) is 21.9 Å². The van der Waals surface area contributed by atoms with Crippen LogP contribution in [0.5, 0.6) is 5.75 Å². The summed E-state index contributed by atoms with van der Waals surface area (Å²) in [5.41, 5.74) is 10.2. The highest BCUT2D eigenvalue weighted by atomic mass is 16.5. The molecule has 0 bridgehead atoms. The van der Waals surface area contributed by atoms with Gasteiger partial charge in [0.25, 0.3) is 0 Å². The molecule has 0 saturated heterocycles. The van der Waals surface area contributed by atoms with Crippen molar-refractivity contribution in [2.24, 2.45) is 5.18 Å². The molecule has 0 spiro atoms. The van der Waals surface area contributed by atoms with E-state index < -0.39 is 0 Å². The SMILES string of the molecule is CC1c2cccc3nc(N)c4ncn(c4c23)C1COc1ccccc1N=O. The first-order chi connectivity index (χ1) is 13.2. The molecule has 2 N–H and O–H groups in total. The number of hydrogen-bond acceptors (Lipinski definition) is 6. The summed E-state index contributed by atoms with van der Waals surface area (Å²) in [5.74, 6) is 1.09. The minimum absolute atomic E-state index is 0.00890. The van der Waals surface area contributed by atoms with E-state index in [-0.39, 0.29) is 12.0 Å². The topological polar surface area (TPSA) is 95.4 Å². The molecule has 134 valence electrons. The number of anilines is 1. The number of nitrogens with two attached hydrogens (primary N) is 1. The first-order valence-corrected chi connectivity index (χ1v) is 8.79. The number of imidazole rings is 1. The minimum Gasteiger partial charge on any atom is -0.489 e. The highest BCUT2D eigenvalue weighted by molar-refractivity contribution is 6.08. The first-order valence-electron chi connectivity index (χ1n) is 8.79. The Morgan fingerprint density at radius 1 is 1.22 bits per heavy atom. The van der Waals surface area contributed by atoms with Gasteiger partial charge in [0.2, 0.25) is 0 Å². The molecule has 3 heterocycles. The lowest BCUT2D eigenvalue weighted by molar-refractivity contribution is 0.233. The van der Waals surface area contributed by atoms with Crippen LogP contribution in [0.4, 0.5) is 11.5 Å². The predicted octanol–water partition coefficient (Wildman–Crippen LogP) is 4.30. The Labute approximate surface area is 154 Å². The third-order valence-corrected chi connectivity index (χ3v) is 5.39. The van der Waals surface area contributed by atoms with Gasteiger partial charge in [0, 0.05) is 11.3 Å². The second-order valence-electron chi connectivity index (χ2n) is 6.81. The molecule has 5 rings (SSSR count). The Balaban J connectivity index is 1.63. The van der Waals surface area contributed by atoms with Gasteiger partial charge in [-0.15, -0.1) is 4.91 Å². The van der Waals surface area contributed by atoms with Gasteiger partial charge < -0.3 is 15.0 Å². The van der Waals surface area contributed by atoms with Crippen molar-refractivity contribution in [3.63, 3.8) is 0 Å². The van der Waals surface area contributed by atoms with E-state index in [0.29, 0.717) is 29.4 Å². The molecule has 1 aliphatic heterocycles. The van der Waals surface area contributed by atoms with Crippen molar-refractivity contribution in [1.29, 1.82) is 0 Å². The third kappa shape index (κ3) is 2.21. The zero-order valence-corrected chi connectivity index (χ0v) is 14.7. The molecule has 0 aliphatic carbocycles. The molecule has 0 radical (unpaired) electrons. The van der Waals surface area contributed by atoms with Crippen LogP contribution in [0.15, 0.2) is 54.0 Å². The van der Waals surface area contributed by atoms with Gasteiger partial charge in [0.1, 0.15) is 23.6 Å². The van der Waals surface area contributed by atoms with Crippen LogP contribution in [0.3, 0.4) is 0 Å². The number of benzene rings is 2. The van der Waals surface area contributed by atoms with E-state index in [1.165, 1.54) is 5.56 Å². The molecule has 7 nitrogen and oxygen atoms in total. The van der Waals surface area contributed by atoms with E-state index in [1.807, 2.05) is 18.2 Å². The van der Waals surface area contributed by atoms with Crippen molar-refractivity contribution in [2.75, 3.05) is 12.3 Å². The van der Waals surface area contributed by atoms with Crippen LogP contribution in [0.1, 0.15) is 24.4 Å². The Morgan fingerprint density at radius 2 is 2.07 bits per heavy atom. The summed E-state index contributed by atoms with van der Waals surface area (Å²) >= 11 is 0. The Bertz CT molecular complexity index is 1200. The lowest BCUT2D eigenvalue weighted by Gasteiger charge is -2.31. The summed E-state index contributed by atoms with van der Waals surface area (Å²) in [7, 11) is 0. The van der Waals surface area contributed by atoms with E-state index >= 15 is 0 Å². The molecule has 2 aromatic carbocycles. The van der Waals surface area contributed by atoms with Crippen LogP contribution in [-0.2, 0) is 0 Å². The molecule has 7 heteroatoms. The van der Waals surface area contributed by atoms with Crippen molar-refractivity contribution < 1.29 is 4.74 Å². The van der Waals surface area contributed by atoms with Gasteiger partial charge in [0.05, 0.1) is 23.4 Å². The smallest absolute Gasteiger partial charge is 0.152 e. The van der Waals surface area contributed by atoms with Crippen molar-refractivity contribution in [3.05, 3.63) is 59.3 Å². The number of hydrogen-bond donors (Lipinski definition) is 1. The van der Waals surface area contributed by atoms with Gasteiger partial charge in [-0.05, 0) is 28.9 Å². The first kappa shape index (κ1) is 15.7. The number of para-hydroxylation sites is 1. The second kappa shape index (κ2) is 5.77. The summed E-state index contributed by atoms with van der Waals surface area (Å²) in [4.78, 5) is 20.0. The van der Waals surface area contributed by atoms with E-state index in [2.05, 4.69) is 32.7 Å². The quantitative estimate of drug-likeness (QED) is 0.548. The number of nitrogens with zero attached hydrogens (tertiary/aromatic N) is 4. The maximum Gasteiger partial charge on any atom is 0.152 e. The molecule has 2 atom stereocenters. The molecule has 0 saturated carbocycles. The fraction of sp³-hybridized carbons (Fsp3) is 0.200. The van der Waals surface area contributed by atoms with E-state index in [1.54, 1.807) is 24.5 Å². The second-order valence-corrected chi connectivity index (χ2v) is 6.81. The van der Waals surface area contributed by atoms with Crippen LogP contribution in [-0.4, -0.2) is 21.1 Å². The number of nitrogen functional groups attached to an aromatic ring is 1. The number of pyridine rings is 1. The lowest BCUT2D eigenvalue weighted by Crippen LogP contribution is -2.25. The lowest BCUT2D eigenvalue weighted by atomic mass is 9.87. The molecule has 1 aliphatic rings. The molecule has 2 unspecified atom stereocenters. The molecule has 0 amide bonds. The summed E-state index contributed by atoms with van der Waals surface area (Å²) in [6.07, 6.45) is 1.80. The standard InChI is InChI=1S/C20H17N5O2/c1-11-12-5-4-7-14-17(12)19-18(20(21)23-14)22-10-25(19)15(11)9-27-16-8-3-2-6-13(16)24-26/h2-8,10-11,15H,9H2,1H3,(H2,21,23). The summed E-state index contributed by atoms with van der Waals surface area (Å²) in [5, 5.41) is 4.14. The van der Waals surface area contributed by atoms with Crippen molar-refractivity contribution in [3.8, 4) is 5.75 Å². The van der Waals surface area contributed by atoms with Crippen LogP contribution in [0.2, 0.25) is 0 Å². The molecule has 0 fully saturated rings. The summed E-state index contributed by atoms with van der Waals surface area (Å²) in [6.45, 7) is 2.55. The number of rotatable bonds is 4. The zero-order chi connectivity index (χ0) is 18.5. The fourth-order valence-corrected chi connectivity index (χ4v) is 4.02. The molecular formula is C20H17N5O2. The van der Waals surface area contributed by atoms with Crippen molar-refractivity contribution in [2.45, 2.75) is 18.9 Å². The average molecular weight is 359 g/mol. The maximum atomic E-state index is 11.0. The molecule has 4 aromatic rings. The number of ether oxygens (including phenoxy) is 1. The fourth-order valence-electron chi connectivity index (χ4n) is 4.02. The molecule has 2 aromatic heterocycles. The minimum atomic E-state index is 0.00890. The van der Waals surface area contributed by atoms with Gasteiger partial charge in [-0.1, -0.05) is 31.2 Å². The molecular weight excluding hydrogens is 342 g/mol. The van der Waals surface area contributed by atoms with Gasteiger partial charge in [-0.2, -0.15) is 0 Å². The summed E-state index contributed by atoms with van der Waals surface area (Å²) < 4.78 is 8.11. The zero-order valence-electron chi connectivity index (χ0n) is 14.7. The monoisotopic (exact) mass is 359 g/mol. The number of nitroso groups, excluding NO2 is 1. The number of aromatic nitrogens is 3. The Kier molecular flexibility index (Phi) is 3.36. The average Bonchev–Trinajstić information content (AvgIpc) is 3.14. The van der Waals surface area contributed by atoms with E-state index in [0.717, 1.165) is 16.4 Å². The van der Waals surface area contributed by atoms with E-state index in [4.69, 9.17) is 10.5 Å². The van der Waals surface area contributed by atoms with Crippen LogP contribution < -0.4 is 10.5 Å². The van der Waals surface area contributed by atoms with Gasteiger partial charge in [-0.25, -0.2) is 9.97 Å². The van der Waals surface area contributed by atoms with Crippen LogP contribution >= 0.6 is 0 Å². The van der Waals surface area contributed by atoms with Crippen molar-refractivity contribution in [1.82, 2.24) is 14.5 Å². The normalized spacial score (nSPS) is 18.3. The highest BCUT2D eigenvalue weighted by Gasteiger charge is 2.31. The molecule has 27 heavy (non-hydrogen) atoms.